The van der Waals surface area contributed by atoms with Crippen LogP contribution >= 0.6 is 11.3 Å². The van der Waals surface area contributed by atoms with E-state index in [1.807, 2.05) is 41.7 Å². The molecule has 0 fully saturated rings. The molecule has 2 rings (SSSR count). The monoisotopic (exact) mass is 205 g/mol. The van der Waals surface area contributed by atoms with E-state index in [9.17, 15) is 0 Å². The predicted octanol–water partition coefficient (Wildman–Crippen LogP) is 3.63. The van der Waals surface area contributed by atoms with Crippen LogP contribution in [0.2, 0.25) is 0 Å². The van der Waals surface area contributed by atoms with Crippen molar-refractivity contribution in [3.63, 3.8) is 0 Å². The fourth-order valence-corrected chi connectivity index (χ4v) is 1.79. The predicted molar refractivity (Wildman–Crippen MR) is 64.6 cm³/mol. The zero-order valence-corrected chi connectivity index (χ0v) is 9.34. The smallest absolute Gasteiger partial charge is 0.0313 e. The molecule has 0 aliphatic carbocycles. The fraction of sp³-hybridized carbons (Fsp3) is 0.167. The third-order valence-electron chi connectivity index (χ3n) is 1.67. The molecule has 1 heterocycles. The number of benzene rings is 1. The quantitative estimate of drug-likeness (QED) is 0.653. The molecule has 74 valence electrons. The number of hydrogen-bond acceptors (Lipinski definition) is 2. The van der Waals surface area contributed by atoms with Gasteiger partial charge in [-0.15, -0.1) is 11.3 Å². The van der Waals surface area contributed by atoms with Gasteiger partial charge in [0.25, 0.3) is 0 Å². The summed E-state index contributed by atoms with van der Waals surface area (Å²) in [6.07, 6.45) is 0. The van der Waals surface area contributed by atoms with Crippen LogP contribution in [0.15, 0.2) is 42.5 Å². The van der Waals surface area contributed by atoms with Crippen molar-refractivity contribution in [2.45, 2.75) is 13.8 Å². The maximum Gasteiger partial charge on any atom is 0.0313 e. The Kier molecular flexibility index (Phi) is 4.20. The fourth-order valence-electron chi connectivity index (χ4n) is 1.01. The average Bonchev–Trinajstić information content (AvgIpc) is 2.52. The first-order valence-electron chi connectivity index (χ1n) is 4.52. The molecule has 0 saturated heterocycles. The SMILES string of the molecule is Cc1ccc(C)s1.Nc1ccccc1. The molecule has 0 amide bonds. The summed E-state index contributed by atoms with van der Waals surface area (Å²) in [5.41, 5.74) is 6.18. The van der Waals surface area contributed by atoms with Crippen molar-refractivity contribution in [2.75, 3.05) is 5.73 Å². The second kappa shape index (κ2) is 5.45. The number of anilines is 1. The van der Waals surface area contributed by atoms with Gasteiger partial charge in [-0.3, -0.25) is 0 Å². The van der Waals surface area contributed by atoms with Gasteiger partial charge in [-0.25, -0.2) is 0 Å². The van der Waals surface area contributed by atoms with Gasteiger partial charge in [-0.1, -0.05) is 18.2 Å². The molecular weight excluding hydrogens is 190 g/mol. The second-order valence-electron chi connectivity index (χ2n) is 3.07. The van der Waals surface area contributed by atoms with E-state index in [0.29, 0.717) is 0 Å². The van der Waals surface area contributed by atoms with Crippen molar-refractivity contribution in [3.05, 3.63) is 52.2 Å². The van der Waals surface area contributed by atoms with Crippen LogP contribution in [-0.2, 0) is 0 Å². The normalized spacial score (nSPS) is 9.00. The maximum absolute atomic E-state index is 5.36. The number of hydrogen-bond donors (Lipinski definition) is 1. The lowest BCUT2D eigenvalue weighted by molar-refractivity contribution is 1.61. The summed E-state index contributed by atoms with van der Waals surface area (Å²) in [7, 11) is 0. The lowest BCUT2D eigenvalue weighted by Crippen LogP contribution is -1.79. The van der Waals surface area contributed by atoms with E-state index < -0.39 is 0 Å². The van der Waals surface area contributed by atoms with Crippen LogP contribution in [0.5, 0.6) is 0 Å². The van der Waals surface area contributed by atoms with Crippen molar-refractivity contribution in [2.24, 2.45) is 0 Å². The number of thiophene rings is 1. The third-order valence-corrected chi connectivity index (χ3v) is 2.59. The Hall–Kier alpha value is -1.28. The van der Waals surface area contributed by atoms with Crippen LogP contribution in [0.25, 0.3) is 0 Å². The van der Waals surface area contributed by atoms with Crippen LogP contribution in [0.3, 0.4) is 0 Å². The summed E-state index contributed by atoms with van der Waals surface area (Å²) in [6.45, 7) is 4.25. The van der Waals surface area contributed by atoms with Gasteiger partial charge in [-0.2, -0.15) is 0 Å². The van der Waals surface area contributed by atoms with Crippen molar-refractivity contribution < 1.29 is 0 Å². The minimum absolute atomic E-state index is 0.822. The van der Waals surface area contributed by atoms with Gasteiger partial charge in [0.15, 0.2) is 0 Å². The summed E-state index contributed by atoms with van der Waals surface area (Å²) in [6, 6.07) is 13.8. The molecule has 0 spiro atoms. The summed E-state index contributed by atoms with van der Waals surface area (Å²) in [5.74, 6) is 0. The lowest BCUT2D eigenvalue weighted by Gasteiger charge is -1.83. The number of nitrogen functional groups attached to an aromatic ring is 1. The highest BCUT2D eigenvalue weighted by molar-refractivity contribution is 7.11. The van der Waals surface area contributed by atoms with Crippen LogP contribution in [0.4, 0.5) is 5.69 Å². The topological polar surface area (TPSA) is 26.0 Å². The molecule has 2 N–H and O–H groups in total. The zero-order valence-electron chi connectivity index (χ0n) is 8.53. The first kappa shape index (κ1) is 10.8. The van der Waals surface area contributed by atoms with E-state index in [0.717, 1.165) is 5.69 Å². The highest BCUT2D eigenvalue weighted by Gasteiger charge is 1.84. The molecule has 0 aliphatic rings. The Labute approximate surface area is 89.2 Å². The van der Waals surface area contributed by atoms with Crippen LogP contribution < -0.4 is 5.73 Å². The van der Waals surface area contributed by atoms with Gasteiger partial charge < -0.3 is 5.73 Å². The minimum Gasteiger partial charge on any atom is -0.399 e. The first-order chi connectivity index (χ1) is 6.68. The first-order valence-corrected chi connectivity index (χ1v) is 5.33. The number of rotatable bonds is 0. The molecule has 14 heavy (non-hydrogen) atoms. The van der Waals surface area contributed by atoms with Gasteiger partial charge in [-0.05, 0) is 38.1 Å². The Morgan fingerprint density at radius 3 is 1.57 bits per heavy atom. The Bertz CT molecular complexity index is 348. The van der Waals surface area contributed by atoms with Gasteiger partial charge >= 0.3 is 0 Å². The highest BCUT2D eigenvalue weighted by Crippen LogP contribution is 2.12. The zero-order chi connectivity index (χ0) is 10.4. The van der Waals surface area contributed by atoms with E-state index in [1.165, 1.54) is 9.75 Å². The van der Waals surface area contributed by atoms with Gasteiger partial charge in [0.1, 0.15) is 0 Å². The van der Waals surface area contributed by atoms with Gasteiger partial charge in [0.05, 0.1) is 0 Å². The van der Waals surface area contributed by atoms with Gasteiger partial charge in [0, 0.05) is 15.4 Å². The van der Waals surface area contributed by atoms with E-state index >= 15 is 0 Å². The molecule has 1 nitrogen and oxygen atoms in total. The largest absolute Gasteiger partial charge is 0.399 e. The van der Waals surface area contributed by atoms with Crippen LogP contribution in [0.1, 0.15) is 9.75 Å². The summed E-state index contributed by atoms with van der Waals surface area (Å²) in [5, 5.41) is 0. The highest BCUT2D eigenvalue weighted by atomic mass is 32.1. The van der Waals surface area contributed by atoms with Crippen molar-refractivity contribution in [3.8, 4) is 0 Å². The molecule has 2 aromatic rings. The van der Waals surface area contributed by atoms with Crippen LogP contribution in [-0.4, -0.2) is 0 Å². The lowest BCUT2D eigenvalue weighted by atomic mass is 10.3. The molecule has 1 aromatic heterocycles. The number of para-hydroxylation sites is 1. The van der Waals surface area contributed by atoms with Crippen LogP contribution in [0, 0.1) is 13.8 Å². The van der Waals surface area contributed by atoms with Crippen molar-refractivity contribution in [1.29, 1.82) is 0 Å². The average molecular weight is 205 g/mol. The van der Waals surface area contributed by atoms with Crippen molar-refractivity contribution >= 4 is 17.0 Å². The second-order valence-corrected chi connectivity index (χ2v) is 4.56. The molecule has 0 atom stereocenters. The molecule has 0 aliphatic heterocycles. The van der Waals surface area contributed by atoms with E-state index in [2.05, 4.69) is 26.0 Å². The standard InChI is InChI=1S/C6H7N.C6H8S/c7-6-4-2-1-3-5-6;1-5-3-4-6(2)7-5/h1-5H,7H2;3-4H,1-2H3. The Morgan fingerprint density at radius 2 is 1.36 bits per heavy atom. The number of aryl methyl sites for hydroxylation is 2. The summed E-state index contributed by atoms with van der Waals surface area (Å²) in [4.78, 5) is 2.80. The van der Waals surface area contributed by atoms with E-state index in [1.54, 1.807) is 0 Å². The summed E-state index contributed by atoms with van der Waals surface area (Å²) >= 11 is 1.84. The molecule has 0 radical (unpaired) electrons. The molecular formula is C12H15NS. The molecule has 2 heteroatoms. The Balaban J connectivity index is 0.000000140. The molecule has 0 unspecified atom stereocenters. The number of nitrogens with two attached hydrogens (primary N) is 1. The summed E-state index contributed by atoms with van der Waals surface area (Å²) < 4.78 is 0. The van der Waals surface area contributed by atoms with Gasteiger partial charge in [0.2, 0.25) is 0 Å². The minimum atomic E-state index is 0.822. The Morgan fingerprint density at radius 1 is 0.857 bits per heavy atom. The molecule has 0 bridgehead atoms. The van der Waals surface area contributed by atoms with Crippen molar-refractivity contribution in [1.82, 2.24) is 0 Å². The van der Waals surface area contributed by atoms with E-state index in [-0.39, 0.29) is 0 Å². The third kappa shape index (κ3) is 4.10. The van der Waals surface area contributed by atoms with E-state index in [4.69, 9.17) is 5.73 Å². The maximum atomic E-state index is 5.36. The molecule has 1 aromatic carbocycles. The molecule has 0 saturated carbocycles.